The molecule has 1 aromatic heterocycles. The van der Waals surface area contributed by atoms with Gasteiger partial charge in [-0.25, -0.2) is 4.79 Å². The second kappa shape index (κ2) is 4.45. The molecule has 1 N–H and O–H groups in total. The Morgan fingerprint density at radius 3 is 2.71 bits per heavy atom. The van der Waals surface area contributed by atoms with Crippen LogP contribution in [0.2, 0.25) is 0 Å². The van der Waals surface area contributed by atoms with Crippen molar-refractivity contribution in [1.29, 1.82) is 0 Å². The normalized spacial score (nSPS) is 10.5. The van der Waals surface area contributed by atoms with Gasteiger partial charge in [-0.1, -0.05) is 25.1 Å². The van der Waals surface area contributed by atoms with Crippen molar-refractivity contribution in [2.24, 2.45) is 0 Å². The molecule has 1 heterocycles. The van der Waals surface area contributed by atoms with Crippen molar-refractivity contribution in [2.45, 2.75) is 20.3 Å². The monoisotopic (exact) mass is 229 g/mol. The van der Waals surface area contributed by atoms with E-state index >= 15 is 0 Å². The van der Waals surface area contributed by atoms with Crippen molar-refractivity contribution in [3.63, 3.8) is 0 Å². The number of hydrogen-bond acceptors (Lipinski definition) is 1. The highest BCUT2D eigenvalue weighted by atomic mass is 16.4. The zero-order chi connectivity index (χ0) is 12.4. The summed E-state index contributed by atoms with van der Waals surface area (Å²) in [4.78, 5) is 11.1. The largest absolute Gasteiger partial charge is 0.477 e. The lowest BCUT2D eigenvalue weighted by atomic mass is 10.1. The predicted octanol–water partition coefficient (Wildman–Crippen LogP) is 3.05. The maximum atomic E-state index is 11.1. The summed E-state index contributed by atoms with van der Waals surface area (Å²) in [6.45, 7) is 4.07. The van der Waals surface area contributed by atoms with Crippen molar-refractivity contribution >= 4 is 5.97 Å². The maximum absolute atomic E-state index is 11.1. The first kappa shape index (κ1) is 11.5. The molecule has 1 aromatic carbocycles. The number of para-hydroxylation sites is 1. The van der Waals surface area contributed by atoms with Gasteiger partial charge < -0.3 is 9.67 Å². The Bertz CT molecular complexity index is 555. The minimum atomic E-state index is -0.902. The van der Waals surface area contributed by atoms with E-state index in [1.807, 2.05) is 25.1 Å². The molecule has 0 radical (unpaired) electrons. The van der Waals surface area contributed by atoms with Crippen LogP contribution in [0.5, 0.6) is 0 Å². The Labute approximate surface area is 100 Å². The number of nitrogens with zero attached hydrogens (tertiary/aromatic N) is 1. The average molecular weight is 229 g/mol. The highest BCUT2D eigenvalue weighted by Gasteiger charge is 2.13. The van der Waals surface area contributed by atoms with Crippen LogP contribution >= 0.6 is 0 Å². The van der Waals surface area contributed by atoms with Crippen LogP contribution in [0, 0.1) is 6.92 Å². The molecule has 0 amide bonds. The van der Waals surface area contributed by atoms with Gasteiger partial charge in [0, 0.05) is 6.20 Å². The molecule has 2 rings (SSSR count). The van der Waals surface area contributed by atoms with Crippen molar-refractivity contribution in [3.8, 4) is 5.69 Å². The number of aromatic nitrogens is 1. The molecule has 3 heteroatoms. The maximum Gasteiger partial charge on any atom is 0.352 e. The lowest BCUT2D eigenvalue weighted by molar-refractivity contribution is 0.0688. The quantitative estimate of drug-likeness (QED) is 0.879. The van der Waals surface area contributed by atoms with Crippen LogP contribution in [-0.2, 0) is 6.42 Å². The van der Waals surface area contributed by atoms with Crippen LogP contribution in [0.3, 0.4) is 0 Å². The van der Waals surface area contributed by atoms with Crippen LogP contribution in [0.15, 0.2) is 36.5 Å². The Morgan fingerprint density at radius 2 is 2.06 bits per heavy atom. The first-order valence-electron chi connectivity index (χ1n) is 5.64. The summed E-state index contributed by atoms with van der Waals surface area (Å²) in [5, 5.41) is 9.15. The molecular weight excluding hydrogens is 214 g/mol. The van der Waals surface area contributed by atoms with E-state index < -0.39 is 5.97 Å². The second-order valence-electron chi connectivity index (χ2n) is 4.00. The Balaban J connectivity index is 2.68. The van der Waals surface area contributed by atoms with Gasteiger partial charge in [-0.2, -0.15) is 0 Å². The van der Waals surface area contributed by atoms with Gasteiger partial charge >= 0.3 is 5.97 Å². The fourth-order valence-corrected chi connectivity index (χ4v) is 2.10. The third-order valence-corrected chi connectivity index (χ3v) is 2.91. The molecule has 88 valence electrons. The van der Waals surface area contributed by atoms with Gasteiger partial charge in [-0.15, -0.1) is 0 Å². The highest BCUT2D eigenvalue weighted by Crippen LogP contribution is 2.22. The van der Waals surface area contributed by atoms with Gasteiger partial charge in [0.2, 0.25) is 0 Å². The van der Waals surface area contributed by atoms with Crippen molar-refractivity contribution < 1.29 is 9.90 Å². The zero-order valence-corrected chi connectivity index (χ0v) is 9.97. The van der Waals surface area contributed by atoms with Gasteiger partial charge in [0.05, 0.1) is 5.69 Å². The fraction of sp³-hybridized carbons (Fsp3) is 0.214. The van der Waals surface area contributed by atoms with Gasteiger partial charge in [0.1, 0.15) is 5.69 Å². The summed E-state index contributed by atoms with van der Waals surface area (Å²) in [6.07, 6.45) is 2.68. The van der Waals surface area contributed by atoms with E-state index in [9.17, 15) is 4.79 Å². The molecule has 0 atom stereocenters. The Hall–Kier alpha value is -2.03. The van der Waals surface area contributed by atoms with E-state index in [4.69, 9.17) is 5.11 Å². The SMILES string of the molecule is CCc1cccc(C)c1-n1cccc1C(=O)O. The number of benzene rings is 1. The number of rotatable bonds is 3. The van der Waals surface area contributed by atoms with Crippen LogP contribution in [0.1, 0.15) is 28.5 Å². The number of aromatic carboxylic acids is 1. The smallest absolute Gasteiger partial charge is 0.352 e. The lowest BCUT2D eigenvalue weighted by Crippen LogP contribution is -2.09. The van der Waals surface area contributed by atoms with E-state index in [0.29, 0.717) is 5.69 Å². The lowest BCUT2D eigenvalue weighted by Gasteiger charge is -2.14. The van der Waals surface area contributed by atoms with Crippen LogP contribution in [0.4, 0.5) is 0 Å². The third kappa shape index (κ3) is 1.96. The summed E-state index contributed by atoms with van der Waals surface area (Å²) in [6, 6.07) is 9.42. The van der Waals surface area contributed by atoms with Crippen LogP contribution in [0.25, 0.3) is 5.69 Å². The molecule has 0 aliphatic rings. The summed E-state index contributed by atoms with van der Waals surface area (Å²) >= 11 is 0. The molecule has 0 unspecified atom stereocenters. The zero-order valence-electron chi connectivity index (χ0n) is 9.97. The summed E-state index contributed by atoms with van der Waals surface area (Å²) in [5.74, 6) is -0.902. The van der Waals surface area contributed by atoms with E-state index in [-0.39, 0.29) is 0 Å². The molecule has 3 nitrogen and oxygen atoms in total. The van der Waals surface area contributed by atoms with E-state index in [2.05, 4.69) is 6.92 Å². The Morgan fingerprint density at radius 1 is 1.29 bits per heavy atom. The van der Waals surface area contributed by atoms with Crippen LogP contribution in [-0.4, -0.2) is 15.6 Å². The fourth-order valence-electron chi connectivity index (χ4n) is 2.10. The van der Waals surface area contributed by atoms with Crippen molar-refractivity contribution in [1.82, 2.24) is 4.57 Å². The minimum absolute atomic E-state index is 0.300. The molecule has 0 bridgehead atoms. The van der Waals surface area contributed by atoms with Gasteiger partial charge in [-0.3, -0.25) is 0 Å². The third-order valence-electron chi connectivity index (χ3n) is 2.91. The number of carbonyl (C=O) groups is 1. The molecule has 0 fully saturated rings. The molecule has 0 spiro atoms. The van der Waals surface area contributed by atoms with E-state index in [0.717, 1.165) is 23.2 Å². The van der Waals surface area contributed by atoms with Gasteiger partial charge in [0.15, 0.2) is 0 Å². The first-order chi connectivity index (χ1) is 8.15. The number of carboxylic acids is 1. The van der Waals surface area contributed by atoms with Gasteiger partial charge in [0.25, 0.3) is 0 Å². The summed E-state index contributed by atoms with van der Waals surface area (Å²) < 4.78 is 1.75. The number of aryl methyl sites for hydroxylation is 2. The van der Waals surface area contributed by atoms with Crippen molar-refractivity contribution in [2.75, 3.05) is 0 Å². The molecule has 0 saturated heterocycles. The van der Waals surface area contributed by atoms with E-state index in [1.54, 1.807) is 22.9 Å². The average Bonchev–Trinajstić information content (AvgIpc) is 2.77. The first-order valence-corrected chi connectivity index (χ1v) is 5.64. The van der Waals surface area contributed by atoms with Crippen LogP contribution < -0.4 is 0 Å². The molecule has 0 saturated carbocycles. The molecule has 0 aliphatic heterocycles. The standard InChI is InChI=1S/C14H15NO2/c1-3-11-7-4-6-10(2)13(11)15-9-5-8-12(15)14(16)17/h4-9H,3H2,1-2H3,(H,16,17). The molecule has 17 heavy (non-hydrogen) atoms. The number of carboxylic acid groups (broad SMARTS) is 1. The highest BCUT2D eigenvalue weighted by molar-refractivity contribution is 5.86. The molecule has 0 aliphatic carbocycles. The van der Waals surface area contributed by atoms with E-state index in [1.165, 1.54) is 0 Å². The van der Waals surface area contributed by atoms with Gasteiger partial charge in [-0.05, 0) is 36.6 Å². The minimum Gasteiger partial charge on any atom is -0.477 e. The number of hydrogen-bond donors (Lipinski definition) is 1. The predicted molar refractivity (Wildman–Crippen MR) is 66.8 cm³/mol. The molecular formula is C14H15NO2. The van der Waals surface area contributed by atoms with Crippen molar-refractivity contribution in [3.05, 3.63) is 53.3 Å². The Kier molecular flexibility index (Phi) is 3.00. The second-order valence-corrected chi connectivity index (χ2v) is 4.00. The summed E-state index contributed by atoms with van der Waals surface area (Å²) in [7, 11) is 0. The molecule has 2 aromatic rings. The topological polar surface area (TPSA) is 42.2 Å². The summed E-state index contributed by atoms with van der Waals surface area (Å²) in [5.41, 5.74) is 3.53.